The second-order valence-corrected chi connectivity index (χ2v) is 15.5. The third-order valence-electron chi connectivity index (χ3n) is 10.2. The van der Waals surface area contributed by atoms with E-state index in [4.69, 9.17) is 9.47 Å². The number of nitrogens with one attached hydrogen (secondary N) is 2. The maximum absolute atomic E-state index is 14.7. The molecule has 0 spiro atoms. The number of fused-ring (bicyclic) bond motifs is 2. The Morgan fingerprint density at radius 1 is 1.10 bits per heavy atom. The lowest BCUT2D eigenvalue weighted by atomic mass is 9.81. The molecule has 3 aliphatic heterocycles. The van der Waals surface area contributed by atoms with Gasteiger partial charge in [0.15, 0.2) is 0 Å². The molecule has 1 saturated carbocycles. The van der Waals surface area contributed by atoms with Crippen LogP contribution in [0.2, 0.25) is 0 Å². The highest BCUT2D eigenvalue weighted by molar-refractivity contribution is 5.94. The van der Waals surface area contributed by atoms with Gasteiger partial charge in [0.1, 0.15) is 29.5 Å². The first-order valence-electron chi connectivity index (χ1n) is 17.3. The predicted molar refractivity (Wildman–Crippen MR) is 176 cm³/mol. The Hall–Kier alpha value is -3.52. The van der Waals surface area contributed by atoms with Crippen molar-refractivity contribution < 1.29 is 42.5 Å². The molecule has 12 nitrogen and oxygen atoms in total. The number of amides is 4. The molecule has 5 rings (SSSR count). The zero-order valence-corrected chi connectivity index (χ0v) is 29.3. The number of piperazine rings is 1. The summed E-state index contributed by atoms with van der Waals surface area (Å²) in [6, 6.07) is 3.60. The fourth-order valence-electron chi connectivity index (χ4n) is 7.46. The largest absolute Gasteiger partial charge is 0.493 e. The second-order valence-electron chi connectivity index (χ2n) is 15.5. The fraction of sp³-hybridized carbons (Fsp3) is 0.714. The topological polar surface area (TPSA) is 141 Å². The highest BCUT2D eigenvalue weighted by Gasteiger charge is 2.50. The number of benzene rings is 1. The summed E-state index contributed by atoms with van der Waals surface area (Å²) in [5, 5.41) is 16.8. The Bertz CT molecular complexity index is 1410. The van der Waals surface area contributed by atoms with Gasteiger partial charge < -0.3 is 30.1 Å². The molecule has 3 N–H and O–H groups in total. The average molecular weight is 692 g/mol. The van der Waals surface area contributed by atoms with Crippen molar-refractivity contribution in [1.29, 1.82) is 0 Å². The summed E-state index contributed by atoms with van der Waals surface area (Å²) in [4.78, 5) is 59.9. The fourth-order valence-corrected chi connectivity index (χ4v) is 7.46. The summed E-state index contributed by atoms with van der Waals surface area (Å²) in [6.45, 7) is 9.33. The van der Waals surface area contributed by atoms with Crippen molar-refractivity contribution in [3.8, 4) is 5.75 Å². The molecule has 0 radical (unpaired) electrons. The SMILES string of the molecule is C[C@@H](C(=O)N[C@H](C(=O)N1C[C@H]2C[C@@](C)(O)CN2C[C@H]1C(=O)N[C@@H]1CCOc2ccccc21)C1CCC(F)(F)CC1)N(C)C(=O)OC(C)(C)C. The lowest BCUT2D eigenvalue weighted by Crippen LogP contribution is -2.66. The van der Waals surface area contributed by atoms with E-state index in [-0.39, 0.29) is 38.0 Å². The maximum atomic E-state index is 14.7. The van der Waals surface area contributed by atoms with E-state index in [2.05, 4.69) is 10.6 Å². The molecule has 1 aromatic rings. The molecule has 1 aromatic carbocycles. The lowest BCUT2D eigenvalue weighted by molar-refractivity contribution is -0.150. The summed E-state index contributed by atoms with van der Waals surface area (Å²) in [5.74, 6) is -4.40. The van der Waals surface area contributed by atoms with Gasteiger partial charge in [0.2, 0.25) is 23.6 Å². The van der Waals surface area contributed by atoms with Crippen LogP contribution in [0, 0.1) is 5.92 Å². The Labute approximate surface area is 286 Å². The summed E-state index contributed by atoms with van der Waals surface area (Å²) in [5.41, 5.74) is -0.994. The van der Waals surface area contributed by atoms with E-state index >= 15 is 0 Å². The zero-order valence-electron chi connectivity index (χ0n) is 29.3. The number of ether oxygens (including phenoxy) is 2. The van der Waals surface area contributed by atoms with E-state index < -0.39 is 77.8 Å². The van der Waals surface area contributed by atoms with Crippen molar-refractivity contribution in [2.24, 2.45) is 5.92 Å². The van der Waals surface area contributed by atoms with Crippen LogP contribution in [0.3, 0.4) is 0 Å². The Morgan fingerprint density at radius 3 is 2.45 bits per heavy atom. The van der Waals surface area contributed by atoms with Gasteiger partial charge in [-0.3, -0.25) is 24.2 Å². The van der Waals surface area contributed by atoms with Crippen LogP contribution in [0.1, 0.15) is 84.7 Å². The first-order chi connectivity index (χ1) is 22.8. The monoisotopic (exact) mass is 691 g/mol. The molecule has 6 atom stereocenters. The first kappa shape index (κ1) is 36.8. The molecule has 3 heterocycles. The molecule has 0 unspecified atom stereocenters. The lowest BCUT2D eigenvalue weighted by Gasteiger charge is -2.45. The van der Waals surface area contributed by atoms with Gasteiger partial charge in [-0.05, 0) is 65.9 Å². The number of halogens is 2. The van der Waals surface area contributed by atoms with E-state index in [0.717, 1.165) is 10.5 Å². The van der Waals surface area contributed by atoms with Gasteiger partial charge in [0.25, 0.3) is 0 Å². The Kier molecular flexibility index (Phi) is 10.5. The minimum absolute atomic E-state index is 0.00615. The van der Waals surface area contributed by atoms with Crippen molar-refractivity contribution in [2.45, 2.75) is 120 Å². The molecule has 3 fully saturated rings. The van der Waals surface area contributed by atoms with E-state index in [1.54, 1.807) is 27.7 Å². The number of aliphatic hydroxyl groups is 1. The van der Waals surface area contributed by atoms with Crippen LogP contribution in [0.4, 0.5) is 13.6 Å². The number of rotatable bonds is 7. The van der Waals surface area contributed by atoms with Crippen molar-refractivity contribution in [3.63, 3.8) is 0 Å². The summed E-state index contributed by atoms with van der Waals surface area (Å²) in [6.07, 6.45) is -0.702. The smallest absolute Gasteiger partial charge is 0.410 e. The highest BCUT2D eigenvalue weighted by Crippen LogP contribution is 2.39. The van der Waals surface area contributed by atoms with Crippen LogP contribution in [-0.2, 0) is 19.1 Å². The molecule has 4 amide bonds. The van der Waals surface area contributed by atoms with Crippen LogP contribution in [0.25, 0.3) is 0 Å². The van der Waals surface area contributed by atoms with Crippen molar-refractivity contribution in [1.82, 2.24) is 25.3 Å². The van der Waals surface area contributed by atoms with Gasteiger partial charge in [0, 0.05) is 57.5 Å². The van der Waals surface area contributed by atoms with Gasteiger partial charge in [-0.15, -0.1) is 0 Å². The summed E-state index contributed by atoms with van der Waals surface area (Å²) < 4.78 is 39.8. The number of carbonyl (C=O) groups excluding carboxylic acids is 4. The Balaban J connectivity index is 1.41. The predicted octanol–water partition coefficient (Wildman–Crippen LogP) is 3.23. The number of likely N-dealkylation sites (N-methyl/N-ethyl adjacent to an activating group) is 1. The molecular weight excluding hydrogens is 640 g/mol. The maximum Gasteiger partial charge on any atom is 0.410 e. The van der Waals surface area contributed by atoms with Crippen LogP contribution in [0.15, 0.2) is 24.3 Å². The molecule has 1 aliphatic carbocycles. The number of nitrogens with zero attached hydrogens (tertiary/aromatic N) is 3. The van der Waals surface area contributed by atoms with Crippen LogP contribution in [0.5, 0.6) is 5.75 Å². The van der Waals surface area contributed by atoms with Gasteiger partial charge in [-0.2, -0.15) is 0 Å². The number of para-hydroxylation sites is 1. The van der Waals surface area contributed by atoms with E-state index in [1.807, 2.05) is 29.2 Å². The van der Waals surface area contributed by atoms with E-state index in [9.17, 15) is 33.1 Å². The zero-order chi connectivity index (χ0) is 35.9. The van der Waals surface area contributed by atoms with Crippen LogP contribution in [-0.4, -0.2) is 118 Å². The minimum Gasteiger partial charge on any atom is -0.493 e. The number of hydrogen-bond donors (Lipinski definition) is 3. The number of hydrogen-bond acceptors (Lipinski definition) is 8. The van der Waals surface area contributed by atoms with Crippen molar-refractivity contribution in [2.75, 3.05) is 33.3 Å². The third-order valence-corrected chi connectivity index (χ3v) is 10.2. The molecule has 14 heteroatoms. The van der Waals surface area contributed by atoms with Gasteiger partial charge in [0.05, 0.1) is 18.2 Å². The number of alkyl halides is 2. The molecular formula is C35H51F2N5O7. The van der Waals surface area contributed by atoms with Gasteiger partial charge in [-0.25, -0.2) is 13.6 Å². The van der Waals surface area contributed by atoms with Crippen LogP contribution >= 0.6 is 0 Å². The summed E-state index contributed by atoms with van der Waals surface area (Å²) >= 11 is 0. The standard InChI is InChI=1S/C35H51F2N5O7/c1-21(40(6)32(46)49-33(2,3)4)29(43)39-28(22-11-14-35(36,37)15-12-22)31(45)42-18-23-17-34(5,47)20-41(23)19-26(42)30(44)38-25-13-16-48-27-10-8-7-9-24(25)27/h7-10,21-23,25-26,28,47H,11-20H2,1-6H3,(H,38,44)(H,39,43)/t21-,23+,25+,26-,28-,34+/m0/s1. The first-order valence-corrected chi connectivity index (χ1v) is 17.3. The van der Waals surface area contributed by atoms with Crippen molar-refractivity contribution in [3.05, 3.63) is 29.8 Å². The normalized spacial score (nSPS) is 28.3. The molecule has 4 aliphatic rings. The molecule has 272 valence electrons. The van der Waals surface area contributed by atoms with Crippen molar-refractivity contribution >= 4 is 23.8 Å². The summed E-state index contributed by atoms with van der Waals surface area (Å²) in [7, 11) is 1.41. The molecule has 2 saturated heterocycles. The molecule has 0 aromatic heterocycles. The van der Waals surface area contributed by atoms with Crippen LogP contribution < -0.4 is 15.4 Å². The third kappa shape index (κ3) is 8.62. The number of carbonyl (C=O) groups is 4. The molecule has 49 heavy (non-hydrogen) atoms. The minimum atomic E-state index is -2.87. The van der Waals surface area contributed by atoms with E-state index in [0.29, 0.717) is 31.7 Å². The van der Waals surface area contributed by atoms with Gasteiger partial charge >= 0.3 is 6.09 Å². The Morgan fingerprint density at radius 2 is 1.78 bits per heavy atom. The van der Waals surface area contributed by atoms with E-state index in [1.165, 1.54) is 18.9 Å². The second kappa shape index (κ2) is 14.0. The quantitative estimate of drug-likeness (QED) is 0.396. The highest BCUT2D eigenvalue weighted by atomic mass is 19.3. The molecule has 0 bridgehead atoms. The average Bonchev–Trinajstić information content (AvgIpc) is 3.34. The van der Waals surface area contributed by atoms with Gasteiger partial charge in [-0.1, -0.05) is 18.2 Å².